The van der Waals surface area contributed by atoms with Crippen LogP contribution in [0.25, 0.3) is 0 Å². The first-order chi connectivity index (χ1) is 4.84. The summed E-state index contributed by atoms with van der Waals surface area (Å²) in [5.74, 6) is 0.446. The Balaban J connectivity index is 2.61. The molecule has 0 aliphatic heterocycles. The fraction of sp³-hybridized carbons (Fsp3) is 0.286. The van der Waals surface area contributed by atoms with Crippen LogP contribution in [0.4, 0.5) is 0 Å². The second kappa shape index (κ2) is 3.04. The topological polar surface area (TPSA) is 57.2 Å². The molecule has 3 heteroatoms. The van der Waals surface area contributed by atoms with Crippen LogP contribution in [0.2, 0.25) is 0 Å². The maximum absolute atomic E-state index is 9.09. The van der Waals surface area contributed by atoms with E-state index in [0.717, 1.165) is 0 Å². The van der Waals surface area contributed by atoms with Crippen LogP contribution >= 0.6 is 0 Å². The SMILES string of the molecule is N#CC[C@@H](O)c1ccco1. The monoisotopic (exact) mass is 137 g/mol. The molecule has 0 bridgehead atoms. The molecule has 0 unspecified atom stereocenters. The van der Waals surface area contributed by atoms with E-state index in [4.69, 9.17) is 14.8 Å². The number of nitrogens with zero attached hydrogens (tertiary/aromatic N) is 1. The van der Waals surface area contributed by atoms with Gasteiger partial charge in [-0.3, -0.25) is 0 Å². The minimum atomic E-state index is -0.778. The number of hydrogen-bond acceptors (Lipinski definition) is 3. The number of nitriles is 1. The van der Waals surface area contributed by atoms with E-state index in [1.165, 1.54) is 6.26 Å². The Labute approximate surface area is 58.5 Å². The van der Waals surface area contributed by atoms with E-state index in [0.29, 0.717) is 5.76 Å². The number of aliphatic hydroxyl groups excluding tert-OH is 1. The third-order valence-corrected chi connectivity index (χ3v) is 1.16. The van der Waals surface area contributed by atoms with E-state index < -0.39 is 6.10 Å². The Morgan fingerprint density at radius 1 is 1.80 bits per heavy atom. The summed E-state index contributed by atoms with van der Waals surface area (Å²) in [5.41, 5.74) is 0. The third kappa shape index (κ3) is 1.36. The Kier molecular flexibility index (Phi) is 2.08. The lowest BCUT2D eigenvalue weighted by atomic mass is 10.2. The van der Waals surface area contributed by atoms with Crippen molar-refractivity contribution in [2.24, 2.45) is 0 Å². The molecule has 0 aliphatic rings. The zero-order valence-corrected chi connectivity index (χ0v) is 5.32. The molecule has 0 amide bonds. The van der Waals surface area contributed by atoms with E-state index in [2.05, 4.69) is 0 Å². The first-order valence-electron chi connectivity index (χ1n) is 2.93. The molecule has 0 aromatic carbocycles. The molecule has 52 valence electrons. The summed E-state index contributed by atoms with van der Waals surface area (Å²) in [6.07, 6.45) is 0.767. The fourth-order valence-electron chi connectivity index (χ4n) is 0.668. The van der Waals surface area contributed by atoms with Gasteiger partial charge in [0, 0.05) is 0 Å². The second-order valence-electron chi connectivity index (χ2n) is 1.89. The highest BCUT2D eigenvalue weighted by atomic mass is 16.4. The molecular formula is C7H7NO2. The molecule has 1 aromatic rings. The van der Waals surface area contributed by atoms with Crippen molar-refractivity contribution in [1.82, 2.24) is 0 Å². The highest BCUT2D eigenvalue weighted by Crippen LogP contribution is 2.15. The van der Waals surface area contributed by atoms with Crippen LogP contribution in [-0.2, 0) is 0 Å². The summed E-state index contributed by atoms with van der Waals surface area (Å²) in [7, 11) is 0. The molecule has 0 saturated carbocycles. The molecule has 0 saturated heterocycles. The Bertz CT molecular complexity index is 222. The van der Waals surface area contributed by atoms with Crippen LogP contribution in [0.1, 0.15) is 18.3 Å². The molecule has 0 fully saturated rings. The Morgan fingerprint density at radius 3 is 3.10 bits per heavy atom. The van der Waals surface area contributed by atoms with Crippen LogP contribution in [0.3, 0.4) is 0 Å². The summed E-state index contributed by atoms with van der Waals surface area (Å²) >= 11 is 0. The smallest absolute Gasteiger partial charge is 0.133 e. The van der Waals surface area contributed by atoms with Crippen molar-refractivity contribution in [2.75, 3.05) is 0 Å². The Morgan fingerprint density at radius 2 is 2.60 bits per heavy atom. The summed E-state index contributed by atoms with van der Waals surface area (Å²) in [5, 5.41) is 17.3. The predicted octanol–water partition coefficient (Wildman–Crippen LogP) is 1.23. The van der Waals surface area contributed by atoms with Crippen molar-refractivity contribution in [3.05, 3.63) is 24.2 Å². The average molecular weight is 137 g/mol. The van der Waals surface area contributed by atoms with Crippen LogP contribution in [0.15, 0.2) is 22.8 Å². The maximum atomic E-state index is 9.09. The summed E-state index contributed by atoms with van der Waals surface area (Å²) in [6, 6.07) is 5.16. The van der Waals surface area contributed by atoms with E-state index in [-0.39, 0.29) is 6.42 Å². The van der Waals surface area contributed by atoms with Crippen LogP contribution in [0, 0.1) is 11.3 Å². The molecule has 1 aromatic heterocycles. The average Bonchev–Trinajstić information content (AvgIpc) is 2.38. The van der Waals surface area contributed by atoms with Crippen LogP contribution in [-0.4, -0.2) is 5.11 Å². The van der Waals surface area contributed by atoms with E-state index in [1.54, 1.807) is 12.1 Å². The van der Waals surface area contributed by atoms with Crippen molar-refractivity contribution < 1.29 is 9.52 Å². The largest absolute Gasteiger partial charge is 0.467 e. The molecule has 1 rings (SSSR count). The van der Waals surface area contributed by atoms with Gasteiger partial charge in [-0.2, -0.15) is 5.26 Å². The maximum Gasteiger partial charge on any atom is 0.133 e. The second-order valence-corrected chi connectivity index (χ2v) is 1.89. The van der Waals surface area contributed by atoms with Crippen LogP contribution < -0.4 is 0 Å². The quantitative estimate of drug-likeness (QED) is 0.666. The standard InChI is InChI=1S/C7H7NO2/c8-4-3-6(9)7-2-1-5-10-7/h1-2,5-6,9H,3H2/t6-/m1/s1. The molecule has 1 N–H and O–H groups in total. The van der Waals surface area contributed by atoms with Crippen molar-refractivity contribution in [1.29, 1.82) is 5.26 Å². The van der Waals surface area contributed by atoms with Gasteiger partial charge in [0.1, 0.15) is 11.9 Å². The number of hydrogen-bond donors (Lipinski definition) is 1. The number of rotatable bonds is 2. The minimum Gasteiger partial charge on any atom is -0.467 e. The lowest BCUT2D eigenvalue weighted by Gasteiger charge is -1.98. The predicted molar refractivity (Wildman–Crippen MR) is 33.9 cm³/mol. The van der Waals surface area contributed by atoms with E-state index >= 15 is 0 Å². The van der Waals surface area contributed by atoms with Gasteiger partial charge in [-0.05, 0) is 12.1 Å². The van der Waals surface area contributed by atoms with Gasteiger partial charge in [-0.1, -0.05) is 0 Å². The van der Waals surface area contributed by atoms with Gasteiger partial charge >= 0.3 is 0 Å². The van der Waals surface area contributed by atoms with Crippen LogP contribution in [0.5, 0.6) is 0 Å². The molecule has 1 atom stereocenters. The molecule has 0 spiro atoms. The highest BCUT2D eigenvalue weighted by molar-refractivity contribution is 5.03. The van der Waals surface area contributed by atoms with Gasteiger partial charge in [0.15, 0.2) is 0 Å². The Hall–Kier alpha value is -1.27. The van der Waals surface area contributed by atoms with Gasteiger partial charge in [0.25, 0.3) is 0 Å². The lowest BCUT2D eigenvalue weighted by molar-refractivity contribution is 0.155. The first-order valence-corrected chi connectivity index (χ1v) is 2.93. The normalized spacial score (nSPS) is 12.4. The summed E-state index contributed by atoms with van der Waals surface area (Å²) < 4.78 is 4.85. The summed E-state index contributed by atoms with van der Waals surface area (Å²) in [6.45, 7) is 0. The zero-order valence-electron chi connectivity index (χ0n) is 5.32. The third-order valence-electron chi connectivity index (χ3n) is 1.16. The fourth-order valence-corrected chi connectivity index (χ4v) is 0.668. The first kappa shape index (κ1) is 6.84. The van der Waals surface area contributed by atoms with Crippen molar-refractivity contribution >= 4 is 0 Å². The van der Waals surface area contributed by atoms with Crippen molar-refractivity contribution in [3.8, 4) is 6.07 Å². The van der Waals surface area contributed by atoms with E-state index in [9.17, 15) is 0 Å². The minimum absolute atomic E-state index is 0.0769. The molecule has 0 radical (unpaired) electrons. The molecule has 10 heavy (non-hydrogen) atoms. The van der Waals surface area contributed by atoms with E-state index in [1.807, 2.05) is 6.07 Å². The van der Waals surface area contributed by atoms with Gasteiger partial charge in [0.05, 0.1) is 18.8 Å². The lowest BCUT2D eigenvalue weighted by Crippen LogP contribution is -1.92. The molecule has 1 heterocycles. The molecular weight excluding hydrogens is 130 g/mol. The zero-order chi connectivity index (χ0) is 7.40. The van der Waals surface area contributed by atoms with Crippen molar-refractivity contribution in [3.63, 3.8) is 0 Å². The van der Waals surface area contributed by atoms with Gasteiger partial charge in [0.2, 0.25) is 0 Å². The van der Waals surface area contributed by atoms with Gasteiger partial charge < -0.3 is 9.52 Å². The van der Waals surface area contributed by atoms with Gasteiger partial charge in [-0.25, -0.2) is 0 Å². The van der Waals surface area contributed by atoms with Gasteiger partial charge in [-0.15, -0.1) is 0 Å². The molecule has 0 aliphatic carbocycles. The highest BCUT2D eigenvalue weighted by Gasteiger charge is 2.07. The number of furan rings is 1. The molecule has 3 nitrogen and oxygen atoms in total. The van der Waals surface area contributed by atoms with Crippen molar-refractivity contribution in [2.45, 2.75) is 12.5 Å². The summed E-state index contributed by atoms with van der Waals surface area (Å²) in [4.78, 5) is 0. The number of aliphatic hydroxyl groups is 1.